The average Bonchev–Trinajstić information content (AvgIpc) is 3.25. The summed E-state index contributed by atoms with van der Waals surface area (Å²) in [7, 11) is 0. The minimum Gasteiger partial charge on any atom is -0.477 e. The molecule has 1 aliphatic heterocycles. The van der Waals surface area contributed by atoms with Crippen LogP contribution in [0.1, 0.15) is 74.3 Å². The Bertz CT molecular complexity index is 693. The maximum Gasteiger partial charge on any atom is 0.348 e. The predicted octanol–water partition coefficient (Wildman–Crippen LogP) is 4.27. The number of nitrogens with zero attached hydrogens (tertiary/aromatic N) is 1. The van der Waals surface area contributed by atoms with Crippen molar-refractivity contribution in [3.8, 4) is 0 Å². The van der Waals surface area contributed by atoms with Gasteiger partial charge in [-0.3, -0.25) is 4.79 Å². The van der Waals surface area contributed by atoms with Crippen molar-refractivity contribution in [1.82, 2.24) is 5.32 Å². The highest BCUT2D eigenvalue weighted by atomic mass is 32.1. The number of nitrogens with one attached hydrogen (secondary N) is 1. The van der Waals surface area contributed by atoms with Gasteiger partial charge in [0.25, 0.3) is 0 Å². The normalized spacial score (nSPS) is 26.1. The number of anilines is 1. The minimum atomic E-state index is -0.938. The molecule has 1 amide bonds. The molecule has 2 N–H and O–H groups in total. The highest BCUT2D eigenvalue weighted by Gasteiger charge is 2.37. The van der Waals surface area contributed by atoms with Gasteiger partial charge in [-0.2, -0.15) is 0 Å². The van der Waals surface area contributed by atoms with Crippen LogP contribution in [0.2, 0.25) is 0 Å². The van der Waals surface area contributed by atoms with Crippen molar-refractivity contribution in [2.75, 3.05) is 18.0 Å². The van der Waals surface area contributed by atoms with Crippen LogP contribution in [-0.4, -0.2) is 36.1 Å². The number of rotatable bonds is 4. The van der Waals surface area contributed by atoms with E-state index >= 15 is 0 Å². The summed E-state index contributed by atoms with van der Waals surface area (Å²) in [6.07, 6.45) is 4.85. The lowest BCUT2D eigenvalue weighted by molar-refractivity contribution is -0.124. The summed E-state index contributed by atoms with van der Waals surface area (Å²) in [4.78, 5) is 28.7. The molecule has 6 heteroatoms. The van der Waals surface area contributed by atoms with Crippen LogP contribution in [0.5, 0.6) is 0 Å². The van der Waals surface area contributed by atoms with Crippen LogP contribution in [-0.2, 0) is 10.2 Å². The zero-order valence-corrected chi connectivity index (χ0v) is 17.7. The Labute approximate surface area is 166 Å². The Balaban J connectivity index is 1.99. The topological polar surface area (TPSA) is 69.6 Å². The Morgan fingerprint density at radius 1 is 1.19 bits per heavy atom. The van der Waals surface area contributed by atoms with Gasteiger partial charge in [0.2, 0.25) is 5.91 Å². The first-order valence-electron chi connectivity index (χ1n) is 10.1. The largest absolute Gasteiger partial charge is 0.477 e. The standard InChI is InChI=1S/C21H32N2O3S/c1-13-5-7-14(8-6-13)19(24)23(15-9-10-22-12-15)16-11-17(21(2,3)4)27-18(16)20(25)26/h11,13-15,22H,5-10,12H2,1-4H3,(H,25,26)/t13?,14?,15-/m0/s1. The molecular weight excluding hydrogens is 360 g/mol. The SMILES string of the molecule is CC1CCC(C(=O)N(c2cc(C(C)(C)C)sc2C(=O)O)[C@H]2CCNC2)CC1. The van der Waals surface area contributed by atoms with Crippen molar-refractivity contribution in [3.05, 3.63) is 15.8 Å². The van der Waals surface area contributed by atoms with Gasteiger partial charge in [0, 0.05) is 17.3 Å². The van der Waals surface area contributed by atoms with E-state index < -0.39 is 5.97 Å². The number of amides is 1. The monoisotopic (exact) mass is 392 g/mol. The van der Waals surface area contributed by atoms with Crippen LogP contribution < -0.4 is 10.2 Å². The summed E-state index contributed by atoms with van der Waals surface area (Å²) in [6, 6.07) is 1.99. The molecule has 5 nitrogen and oxygen atoms in total. The number of carbonyl (C=O) groups excluding carboxylic acids is 1. The van der Waals surface area contributed by atoms with Gasteiger partial charge in [0.05, 0.1) is 11.7 Å². The average molecular weight is 393 g/mol. The van der Waals surface area contributed by atoms with Gasteiger partial charge < -0.3 is 15.3 Å². The van der Waals surface area contributed by atoms with Crippen molar-refractivity contribution >= 4 is 28.9 Å². The molecule has 0 bridgehead atoms. The van der Waals surface area contributed by atoms with E-state index in [4.69, 9.17) is 0 Å². The second-order valence-electron chi connectivity index (χ2n) is 9.19. The molecule has 0 radical (unpaired) electrons. The summed E-state index contributed by atoms with van der Waals surface area (Å²) in [5, 5.41) is 13.2. The third kappa shape index (κ3) is 4.37. The number of thiophene rings is 1. The lowest BCUT2D eigenvalue weighted by Gasteiger charge is -2.34. The Hall–Kier alpha value is -1.40. The second-order valence-corrected chi connectivity index (χ2v) is 10.2. The van der Waals surface area contributed by atoms with Gasteiger partial charge in [-0.15, -0.1) is 11.3 Å². The summed E-state index contributed by atoms with van der Waals surface area (Å²) in [6.45, 7) is 10.1. The van der Waals surface area contributed by atoms with Gasteiger partial charge in [-0.1, -0.05) is 27.7 Å². The molecule has 2 aliphatic rings. The number of hydrogen-bond acceptors (Lipinski definition) is 4. The first-order valence-corrected chi connectivity index (χ1v) is 10.9. The summed E-state index contributed by atoms with van der Waals surface area (Å²) in [5.74, 6) is -0.122. The van der Waals surface area contributed by atoms with E-state index in [0.717, 1.165) is 50.1 Å². The molecule has 1 atom stereocenters. The van der Waals surface area contributed by atoms with E-state index in [-0.39, 0.29) is 23.3 Å². The molecule has 0 unspecified atom stereocenters. The highest BCUT2D eigenvalue weighted by Crippen LogP contribution is 2.40. The number of carbonyl (C=O) groups is 2. The molecule has 1 aromatic rings. The van der Waals surface area contributed by atoms with Crippen molar-refractivity contribution in [2.24, 2.45) is 11.8 Å². The first-order chi connectivity index (χ1) is 12.7. The van der Waals surface area contributed by atoms with E-state index in [1.165, 1.54) is 11.3 Å². The lowest BCUT2D eigenvalue weighted by atomic mass is 9.82. The molecule has 2 fully saturated rings. The molecule has 1 saturated heterocycles. The summed E-state index contributed by atoms with van der Waals surface area (Å²) < 4.78 is 0. The molecule has 0 aromatic carbocycles. The zero-order valence-electron chi connectivity index (χ0n) is 16.9. The number of carboxylic acids is 1. The Morgan fingerprint density at radius 2 is 1.85 bits per heavy atom. The molecule has 1 saturated carbocycles. The van der Waals surface area contributed by atoms with E-state index in [1.807, 2.05) is 11.0 Å². The van der Waals surface area contributed by atoms with Crippen LogP contribution in [0, 0.1) is 11.8 Å². The molecule has 1 aliphatic carbocycles. The molecule has 1 aromatic heterocycles. The third-order valence-corrected chi connectivity index (χ3v) is 7.45. The van der Waals surface area contributed by atoms with Crippen molar-refractivity contribution in [2.45, 2.75) is 71.3 Å². The third-order valence-electron chi connectivity index (χ3n) is 5.91. The second kappa shape index (κ2) is 7.92. The number of hydrogen-bond donors (Lipinski definition) is 2. The maximum absolute atomic E-state index is 13.5. The number of carboxylic acid groups (broad SMARTS) is 1. The molecule has 3 rings (SSSR count). The first kappa shape index (κ1) is 20.3. The molecule has 2 heterocycles. The Morgan fingerprint density at radius 3 is 2.37 bits per heavy atom. The van der Waals surface area contributed by atoms with E-state index in [0.29, 0.717) is 16.5 Å². The summed E-state index contributed by atoms with van der Waals surface area (Å²) >= 11 is 1.31. The molecule has 0 spiro atoms. The summed E-state index contributed by atoms with van der Waals surface area (Å²) in [5.41, 5.74) is 0.463. The van der Waals surface area contributed by atoms with E-state index in [1.54, 1.807) is 0 Å². The van der Waals surface area contributed by atoms with Gasteiger partial charge in [0.1, 0.15) is 4.88 Å². The van der Waals surface area contributed by atoms with E-state index in [2.05, 4.69) is 33.0 Å². The molecule has 150 valence electrons. The van der Waals surface area contributed by atoms with Crippen LogP contribution >= 0.6 is 11.3 Å². The predicted molar refractivity (Wildman–Crippen MR) is 110 cm³/mol. The quantitative estimate of drug-likeness (QED) is 0.803. The van der Waals surface area contributed by atoms with Gasteiger partial charge in [0.15, 0.2) is 0 Å². The van der Waals surface area contributed by atoms with Crippen LogP contribution in [0.25, 0.3) is 0 Å². The van der Waals surface area contributed by atoms with Gasteiger partial charge >= 0.3 is 5.97 Å². The molecular formula is C21H32N2O3S. The van der Waals surface area contributed by atoms with Crippen LogP contribution in [0.3, 0.4) is 0 Å². The van der Waals surface area contributed by atoms with Crippen LogP contribution in [0.4, 0.5) is 5.69 Å². The Kier molecular flexibility index (Phi) is 5.96. The zero-order chi connectivity index (χ0) is 19.8. The molecule has 27 heavy (non-hydrogen) atoms. The number of aromatic carboxylic acids is 1. The lowest BCUT2D eigenvalue weighted by Crippen LogP contribution is -2.46. The fourth-order valence-electron chi connectivity index (χ4n) is 4.14. The van der Waals surface area contributed by atoms with Gasteiger partial charge in [-0.05, 0) is 56.0 Å². The fourth-order valence-corrected chi connectivity index (χ4v) is 5.19. The highest BCUT2D eigenvalue weighted by molar-refractivity contribution is 7.14. The smallest absolute Gasteiger partial charge is 0.348 e. The van der Waals surface area contributed by atoms with Crippen molar-refractivity contribution < 1.29 is 14.7 Å². The van der Waals surface area contributed by atoms with Crippen molar-refractivity contribution in [1.29, 1.82) is 0 Å². The maximum atomic E-state index is 13.5. The van der Waals surface area contributed by atoms with E-state index in [9.17, 15) is 14.7 Å². The van der Waals surface area contributed by atoms with Crippen molar-refractivity contribution in [3.63, 3.8) is 0 Å². The minimum absolute atomic E-state index is 0.0152. The fraction of sp³-hybridized carbons (Fsp3) is 0.714. The van der Waals surface area contributed by atoms with Crippen LogP contribution in [0.15, 0.2) is 6.07 Å². The van der Waals surface area contributed by atoms with Gasteiger partial charge in [-0.25, -0.2) is 4.79 Å².